The normalized spacial score (nSPS) is 10.4. The fraction of sp³-hybridized carbons (Fsp3) is 0.250. The highest BCUT2D eigenvalue weighted by Crippen LogP contribution is 2.14. The number of hydrogen-bond donors (Lipinski definition) is 1. The maximum Gasteiger partial charge on any atom is 0.228 e. The lowest BCUT2D eigenvalue weighted by atomic mass is 10.6. The van der Waals surface area contributed by atoms with Crippen molar-refractivity contribution in [1.29, 1.82) is 0 Å². The third-order valence-electron chi connectivity index (χ3n) is 1.65. The van der Waals surface area contributed by atoms with Gasteiger partial charge in [-0.3, -0.25) is 0 Å². The van der Waals surface area contributed by atoms with E-state index in [2.05, 4.69) is 25.3 Å². The number of thiazole rings is 1. The molecule has 0 unspecified atom stereocenters. The van der Waals surface area contributed by atoms with Crippen molar-refractivity contribution in [1.82, 2.24) is 19.9 Å². The Balaban J connectivity index is 2.04. The number of halogens is 2. The predicted octanol–water partition coefficient (Wildman–Crippen LogP) is 2.56. The van der Waals surface area contributed by atoms with Gasteiger partial charge in [-0.15, -0.1) is 11.3 Å². The third kappa shape index (κ3) is 3.01. The summed E-state index contributed by atoms with van der Waals surface area (Å²) in [5, 5.41) is 4.06. The number of rotatable bonds is 3. The molecule has 0 atom stereocenters. The maximum atomic E-state index is 5.64. The van der Waals surface area contributed by atoms with Gasteiger partial charge in [0.05, 0.1) is 6.54 Å². The molecule has 0 amide bonds. The summed E-state index contributed by atoms with van der Waals surface area (Å²) in [6.07, 6.45) is 1.81. The summed E-state index contributed by atoms with van der Waals surface area (Å²) < 4.78 is 0. The van der Waals surface area contributed by atoms with Crippen LogP contribution >= 0.6 is 34.5 Å². The van der Waals surface area contributed by atoms with Gasteiger partial charge in [0, 0.05) is 11.1 Å². The van der Waals surface area contributed by atoms with E-state index in [0.29, 0.717) is 12.5 Å². The number of aromatic nitrogens is 4. The highest BCUT2D eigenvalue weighted by molar-refractivity contribution is 7.11. The Hall–Kier alpha value is -0.980. The van der Waals surface area contributed by atoms with Crippen molar-refractivity contribution in [3.05, 3.63) is 26.6 Å². The zero-order valence-electron chi connectivity index (χ0n) is 8.24. The molecular weight excluding hydrogens is 269 g/mol. The van der Waals surface area contributed by atoms with Crippen LogP contribution in [0.25, 0.3) is 0 Å². The van der Waals surface area contributed by atoms with Gasteiger partial charge in [0.15, 0.2) is 0 Å². The minimum atomic E-state index is 0.0674. The molecule has 0 bridgehead atoms. The van der Waals surface area contributed by atoms with Gasteiger partial charge in [-0.2, -0.15) is 15.0 Å². The van der Waals surface area contributed by atoms with Gasteiger partial charge in [-0.25, -0.2) is 4.98 Å². The van der Waals surface area contributed by atoms with Crippen molar-refractivity contribution in [2.24, 2.45) is 0 Å². The summed E-state index contributed by atoms with van der Waals surface area (Å²) in [5.41, 5.74) is 0. The standard InChI is InChI=1S/C8H7Cl2N5S/c1-4-2-11-5(16-4)3-12-8-14-6(9)13-7(10)15-8/h2H,3H2,1H3,(H,12,13,14,15). The second kappa shape index (κ2) is 4.90. The predicted molar refractivity (Wildman–Crippen MR) is 64.0 cm³/mol. The number of hydrogen-bond acceptors (Lipinski definition) is 6. The first-order chi connectivity index (χ1) is 7.63. The number of nitrogens with one attached hydrogen (secondary N) is 1. The van der Waals surface area contributed by atoms with E-state index in [4.69, 9.17) is 23.2 Å². The van der Waals surface area contributed by atoms with Gasteiger partial charge >= 0.3 is 0 Å². The Kier molecular flexibility index (Phi) is 3.52. The minimum absolute atomic E-state index is 0.0674. The summed E-state index contributed by atoms with van der Waals surface area (Å²) in [4.78, 5) is 16.8. The molecular formula is C8H7Cl2N5S. The first-order valence-electron chi connectivity index (χ1n) is 4.36. The Morgan fingerprint density at radius 3 is 2.50 bits per heavy atom. The van der Waals surface area contributed by atoms with Crippen molar-refractivity contribution in [3.8, 4) is 0 Å². The van der Waals surface area contributed by atoms with Gasteiger partial charge in [-0.05, 0) is 30.1 Å². The molecule has 5 nitrogen and oxygen atoms in total. The van der Waals surface area contributed by atoms with Crippen LogP contribution in [0, 0.1) is 6.92 Å². The fourth-order valence-corrected chi connectivity index (χ4v) is 2.13. The lowest BCUT2D eigenvalue weighted by Gasteiger charge is -2.02. The molecule has 2 aromatic rings. The van der Waals surface area contributed by atoms with Gasteiger partial charge in [0.25, 0.3) is 0 Å². The van der Waals surface area contributed by atoms with E-state index < -0.39 is 0 Å². The molecule has 0 spiro atoms. The van der Waals surface area contributed by atoms with Crippen molar-refractivity contribution >= 4 is 40.5 Å². The average Bonchev–Trinajstić information content (AvgIpc) is 2.60. The Labute approximate surface area is 106 Å². The van der Waals surface area contributed by atoms with Crippen molar-refractivity contribution in [2.75, 3.05) is 5.32 Å². The first kappa shape index (κ1) is 11.5. The van der Waals surface area contributed by atoms with E-state index in [1.54, 1.807) is 11.3 Å². The van der Waals surface area contributed by atoms with Gasteiger partial charge < -0.3 is 5.32 Å². The molecule has 0 fully saturated rings. The van der Waals surface area contributed by atoms with Crippen molar-refractivity contribution in [2.45, 2.75) is 13.5 Å². The SMILES string of the molecule is Cc1cnc(CNc2nc(Cl)nc(Cl)n2)s1. The lowest BCUT2D eigenvalue weighted by Crippen LogP contribution is -2.04. The van der Waals surface area contributed by atoms with Crippen LogP contribution < -0.4 is 5.32 Å². The van der Waals surface area contributed by atoms with Crippen LogP contribution in [0.2, 0.25) is 10.6 Å². The summed E-state index contributed by atoms with van der Waals surface area (Å²) in [7, 11) is 0. The molecule has 2 heterocycles. The van der Waals surface area contributed by atoms with Crippen LogP contribution in [-0.2, 0) is 6.54 Å². The van der Waals surface area contributed by atoms with E-state index in [1.807, 2.05) is 13.1 Å². The molecule has 8 heteroatoms. The molecule has 0 aliphatic rings. The van der Waals surface area contributed by atoms with Crippen molar-refractivity contribution < 1.29 is 0 Å². The Bertz CT molecular complexity index is 481. The highest BCUT2D eigenvalue weighted by atomic mass is 35.5. The minimum Gasteiger partial charge on any atom is -0.348 e. The topological polar surface area (TPSA) is 63.6 Å². The zero-order valence-corrected chi connectivity index (χ0v) is 10.6. The largest absolute Gasteiger partial charge is 0.348 e. The highest BCUT2D eigenvalue weighted by Gasteiger charge is 2.04. The van der Waals surface area contributed by atoms with E-state index in [0.717, 1.165) is 9.88 Å². The summed E-state index contributed by atoms with van der Waals surface area (Å²) in [5.74, 6) is 0.345. The van der Waals surface area contributed by atoms with Gasteiger partial charge in [0.2, 0.25) is 16.5 Å². The Morgan fingerprint density at radius 2 is 1.94 bits per heavy atom. The molecule has 2 aromatic heterocycles. The quantitative estimate of drug-likeness (QED) is 0.933. The Morgan fingerprint density at radius 1 is 1.25 bits per heavy atom. The number of anilines is 1. The fourth-order valence-electron chi connectivity index (χ4n) is 1.04. The summed E-state index contributed by atoms with van der Waals surface area (Å²) in [6, 6.07) is 0. The molecule has 0 radical (unpaired) electrons. The molecule has 0 saturated heterocycles. The number of aryl methyl sites for hydroxylation is 1. The molecule has 2 rings (SSSR count). The zero-order chi connectivity index (χ0) is 11.5. The van der Waals surface area contributed by atoms with E-state index in [1.165, 1.54) is 0 Å². The van der Waals surface area contributed by atoms with Crippen LogP contribution in [0.1, 0.15) is 9.88 Å². The smallest absolute Gasteiger partial charge is 0.228 e. The second-order valence-electron chi connectivity index (χ2n) is 2.92. The van der Waals surface area contributed by atoms with Crippen molar-refractivity contribution in [3.63, 3.8) is 0 Å². The van der Waals surface area contributed by atoms with Crippen LogP contribution in [0.4, 0.5) is 5.95 Å². The second-order valence-corrected chi connectivity index (χ2v) is 4.91. The molecule has 16 heavy (non-hydrogen) atoms. The van der Waals surface area contributed by atoms with Crippen LogP contribution in [0.3, 0.4) is 0 Å². The van der Waals surface area contributed by atoms with Crippen LogP contribution in [-0.4, -0.2) is 19.9 Å². The monoisotopic (exact) mass is 275 g/mol. The van der Waals surface area contributed by atoms with E-state index in [9.17, 15) is 0 Å². The summed E-state index contributed by atoms with van der Waals surface area (Å²) >= 11 is 12.9. The average molecular weight is 276 g/mol. The van der Waals surface area contributed by atoms with Gasteiger partial charge in [0.1, 0.15) is 5.01 Å². The molecule has 0 aliphatic heterocycles. The molecule has 1 N–H and O–H groups in total. The molecule has 0 saturated carbocycles. The van der Waals surface area contributed by atoms with E-state index >= 15 is 0 Å². The van der Waals surface area contributed by atoms with E-state index in [-0.39, 0.29) is 10.6 Å². The molecule has 84 valence electrons. The lowest BCUT2D eigenvalue weighted by molar-refractivity contribution is 0.993. The summed E-state index contributed by atoms with van der Waals surface area (Å²) in [6.45, 7) is 2.53. The van der Waals surface area contributed by atoms with Gasteiger partial charge in [-0.1, -0.05) is 0 Å². The molecule has 0 aliphatic carbocycles. The maximum absolute atomic E-state index is 5.64. The third-order valence-corrected chi connectivity index (χ3v) is 2.90. The van der Waals surface area contributed by atoms with Crippen LogP contribution in [0.15, 0.2) is 6.20 Å². The molecule has 0 aromatic carbocycles. The van der Waals surface area contributed by atoms with Crippen LogP contribution in [0.5, 0.6) is 0 Å². The number of nitrogens with zero attached hydrogens (tertiary/aromatic N) is 4. The first-order valence-corrected chi connectivity index (χ1v) is 5.93.